The lowest BCUT2D eigenvalue weighted by atomic mass is 10.1. The van der Waals surface area contributed by atoms with Crippen molar-refractivity contribution >= 4 is 22.7 Å². The number of nitrogens with zero attached hydrogens (tertiary/aromatic N) is 3. The van der Waals surface area contributed by atoms with E-state index in [1.807, 2.05) is 32.3 Å². The highest BCUT2D eigenvalue weighted by Crippen LogP contribution is 2.33. The van der Waals surface area contributed by atoms with Gasteiger partial charge in [-0.1, -0.05) is 30.3 Å². The molecule has 142 valence electrons. The zero-order chi connectivity index (χ0) is 19.4. The summed E-state index contributed by atoms with van der Waals surface area (Å²) in [5, 5.41) is 4.03. The quantitative estimate of drug-likeness (QED) is 0.664. The molecule has 3 rings (SSSR count). The number of aromatic nitrogens is 2. The van der Waals surface area contributed by atoms with Crippen molar-refractivity contribution in [1.82, 2.24) is 14.9 Å². The van der Waals surface area contributed by atoms with Crippen LogP contribution in [0.2, 0.25) is 0 Å². The summed E-state index contributed by atoms with van der Waals surface area (Å²) in [6, 6.07) is 14.1. The van der Waals surface area contributed by atoms with Crippen molar-refractivity contribution < 1.29 is 9.47 Å². The van der Waals surface area contributed by atoms with Crippen molar-refractivity contribution in [3.8, 4) is 11.5 Å². The highest BCUT2D eigenvalue weighted by molar-refractivity contribution is 5.91. The molecule has 0 aliphatic rings. The highest BCUT2D eigenvalue weighted by atomic mass is 16.5. The number of hydrogen-bond donors (Lipinski definition) is 2. The molecule has 3 aromatic rings. The number of likely N-dealkylation sites (N-methyl/N-ethyl adjacent to an activating group) is 1. The number of hydrogen-bond acceptors (Lipinski definition) is 7. The fourth-order valence-corrected chi connectivity index (χ4v) is 3.02. The van der Waals surface area contributed by atoms with Gasteiger partial charge in [0.15, 0.2) is 11.5 Å². The maximum Gasteiger partial charge on any atom is 0.225 e. The van der Waals surface area contributed by atoms with Crippen molar-refractivity contribution in [1.29, 1.82) is 0 Å². The molecule has 0 amide bonds. The first-order valence-corrected chi connectivity index (χ1v) is 8.68. The molecule has 1 heterocycles. The van der Waals surface area contributed by atoms with Crippen LogP contribution in [0.25, 0.3) is 10.9 Å². The molecule has 0 radical (unpaired) electrons. The van der Waals surface area contributed by atoms with Crippen molar-refractivity contribution in [3.63, 3.8) is 0 Å². The van der Waals surface area contributed by atoms with E-state index >= 15 is 0 Å². The summed E-state index contributed by atoms with van der Waals surface area (Å²) in [7, 11) is 7.27. The van der Waals surface area contributed by atoms with Crippen LogP contribution in [0, 0.1) is 0 Å². The summed E-state index contributed by atoms with van der Waals surface area (Å²) < 4.78 is 10.7. The lowest BCUT2D eigenvalue weighted by Crippen LogP contribution is -2.27. The Bertz CT molecular complexity index is 915. The molecule has 1 atom stereocenters. The average Bonchev–Trinajstić information content (AvgIpc) is 2.67. The normalized spacial score (nSPS) is 12.2. The van der Waals surface area contributed by atoms with E-state index in [2.05, 4.69) is 32.3 Å². The summed E-state index contributed by atoms with van der Waals surface area (Å²) in [4.78, 5) is 11.1. The van der Waals surface area contributed by atoms with Crippen LogP contribution in [0.4, 0.5) is 11.8 Å². The molecule has 1 unspecified atom stereocenters. The maximum atomic E-state index is 6.15. The number of benzene rings is 2. The van der Waals surface area contributed by atoms with Crippen molar-refractivity contribution in [2.24, 2.45) is 0 Å². The van der Waals surface area contributed by atoms with Crippen LogP contribution < -0.4 is 20.5 Å². The largest absolute Gasteiger partial charge is 0.493 e. The number of ether oxygens (including phenoxy) is 2. The summed E-state index contributed by atoms with van der Waals surface area (Å²) in [5.74, 6) is 2.07. The first kappa shape index (κ1) is 18.7. The minimum absolute atomic E-state index is 0.178. The third-order valence-corrected chi connectivity index (χ3v) is 4.49. The molecule has 0 bridgehead atoms. The third kappa shape index (κ3) is 4.03. The van der Waals surface area contributed by atoms with Gasteiger partial charge in [-0.3, -0.25) is 0 Å². The van der Waals surface area contributed by atoms with Crippen LogP contribution in [0.3, 0.4) is 0 Å². The number of fused-ring (bicyclic) bond motifs is 1. The molecule has 0 saturated heterocycles. The molecule has 7 nitrogen and oxygen atoms in total. The predicted octanol–water partition coefficient (Wildman–Crippen LogP) is 2.94. The first-order valence-electron chi connectivity index (χ1n) is 8.68. The summed E-state index contributed by atoms with van der Waals surface area (Å²) in [6.45, 7) is 0.648. The first-order chi connectivity index (χ1) is 13.0. The monoisotopic (exact) mass is 367 g/mol. The number of nitrogens with two attached hydrogens (primary N) is 1. The number of nitrogen functional groups attached to an aromatic ring is 1. The van der Waals surface area contributed by atoms with E-state index in [4.69, 9.17) is 15.2 Å². The summed E-state index contributed by atoms with van der Waals surface area (Å²) in [5.41, 5.74) is 8.07. The lowest BCUT2D eigenvalue weighted by Gasteiger charge is -2.25. The molecule has 1 aromatic heterocycles. The number of anilines is 2. The molecular formula is C20H25N5O2. The standard InChI is InChI=1S/C20H25N5O2/c1-25(2)16(13-8-6-5-7-9-13)12-22-20-23-15-11-18(27-4)17(26-3)10-14(15)19(21)24-20/h5-11,16H,12H2,1-4H3,(H3,21,22,23,24). The third-order valence-electron chi connectivity index (χ3n) is 4.49. The van der Waals surface area contributed by atoms with Crippen LogP contribution in [0.15, 0.2) is 42.5 Å². The molecule has 2 aromatic carbocycles. The molecule has 7 heteroatoms. The van der Waals surface area contributed by atoms with Gasteiger partial charge in [-0.15, -0.1) is 0 Å². The second-order valence-electron chi connectivity index (χ2n) is 6.43. The van der Waals surface area contributed by atoms with E-state index in [0.29, 0.717) is 35.3 Å². The van der Waals surface area contributed by atoms with E-state index < -0.39 is 0 Å². The van der Waals surface area contributed by atoms with Gasteiger partial charge in [0.25, 0.3) is 0 Å². The van der Waals surface area contributed by atoms with Gasteiger partial charge in [0, 0.05) is 18.0 Å². The van der Waals surface area contributed by atoms with E-state index in [-0.39, 0.29) is 6.04 Å². The summed E-state index contributed by atoms with van der Waals surface area (Å²) >= 11 is 0. The second kappa shape index (κ2) is 8.09. The topological polar surface area (TPSA) is 85.5 Å². The molecule has 0 aliphatic heterocycles. The van der Waals surface area contributed by atoms with Gasteiger partial charge in [0.1, 0.15) is 5.82 Å². The zero-order valence-corrected chi connectivity index (χ0v) is 16.1. The van der Waals surface area contributed by atoms with Gasteiger partial charge >= 0.3 is 0 Å². The molecule has 0 spiro atoms. The van der Waals surface area contributed by atoms with E-state index in [0.717, 1.165) is 5.39 Å². The molecule has 3 N–H and O–H groups in total. The Hall–Kier alpha value is -3.06. The van der Waals surface area contributed by atoms with Gasteiger partial charge in [-0.25, -0.2) is 4.98 Å². The van der Waals surface area contributed by atoms with E-state index in [9.17, 15) is 0 Å². The lowest BCUT2D eigenvalue weighted by molar-refractivity contribution is 0.311. The zero-order valence-electron chi connectivity index (χ0n) is 16.1. The van der Waals surface area contributed by atoms with Gasteiger partial charge in [-0.05, 0) is 25.7 Å². The Balaban J connectivity index is 1.88. The highest BCUT2D eigenvalue weighted by Gasteiger charge is 2.16. The maximum absolute atomic E-state index is 6.15. The molecular weight excluding hydrogens is 342 g/mol. The fourth-order valence-electron chi connectivity index (χ4n) is 3.02. The van der Waals surface area contributed by atoms with E-state index in [1.54, 1.807) is 26.4 Å². The van der Waals surface area contributed by atoms with Crippen LogP contribution in [-0.2, 0) is 0 Å². The van der Waals surface area contributed by atoms with Crippen LogP contribution in [-0.4, -0.2) is 49.7 Å². The average molecular weight is 367 g/mol. The van der Waals surface area contributed by atoms with Crippen molar-refractivity contribution in [2.75, 3.05) is 45.9 Å². The fraction of sp³-hybridized carbons (Fsp3) is 0.300. The number of rotatable bonds is 7. The SMILES string of the molecule is COc1cc2nc(NCC(c3ccccc3)N(C)C)nc(N)c2cc1OC. The number of methoxy groups -OCH3 is 2. The Labute approximate surface area is 159 Å². The Morgan fingerprint density at radius 1 is 1.04 bits per heavy atom. The minimum Gasteiger partial charge on any atom is -0.493 e. The predicted molar refractivity (Wildman–Crippen MR) is 108 cm³/mol. The van der Waals surface area contributed by atoms with Crippen molar-refractivity contribution in [2.45, 2.75) is 6.04 Å². The second-order valence-corrected chi connectivity index (χ2v) is 6.43. The van der Waals surface area contributed by atoms with Crippen molar-refractivity contribution in [3.05, 3.63) is 48.0 Å². The van der Waals surface area contributed by atoms with Gasteiger partial charge in [0.05, 0.1) is 25.8 Å². The molecule has 0 fully saturated rings. The van der Waals surface area contributed by atoms with Gasteiger partial charge in [0.2, 0.25) is 5.95 Å². The molecule has 0 saturated carbocycles. The van der Waals surface area contributed by atoms with Gasteiger partial charge < -0.3 is 25.4 Å². The molecule has 27 heavy (non-hydrogen) atoms. The van der Waals surface area contributed by atoms with Gasteiger partial charge in [-0.2, -0.15) is 4.98 Å². The van der Waals surface area contributed by atoms with Crippen LogP contribution in [0.1, 0.15) is 11.6 Å². The Morgan fingerprint density at radius 2 is 1.70 bits per heavy atom. The van der Waals surface area contributed by atoms with Crippen LogP contribution >= 0.6 is 0 Å². The molecule has 0 aliphatic carbocycles. The Kier molecular flexibility index (Phi) is 5.61. The Morgan fingerprint density at radius 3 is 2.33 bits per heavy atom. The van der Waals surface area contributed by atoms with E-state index in [1.165, 1.54) is 5.56 Å². The smallest absolute Gasteiger partial charge is 0.225 e. The minimum atomic E-state index is 0.178. The van der Waals surface area contributed by atoms with Crippen LogP contribution in [0.5, 0.6) is 11.5 Å². The summed E-state index contributed by atoms with van der Waals surface area (Å²) in [6.07, 6.45) is 0. The number of nitrogens with one attached hydrogen (secondary N) is 1.